The number of nitrogens with one attached hydrogen (secondary N) is 1. The van der Waals surface area contributed by atoms with Gasteiger partial charge in [-0.25, -0.2) is 0 Å². The fraction of sp³-hybridized carbons (Fsp3) is 0.467. The Morgan fingerprint density at radius 2 is 2.00 bits per heavy atom. The second-order valence-electron chi connectivity index (χ2n) is 4.67. The van der Waals surface area contributed by atoms with Crippen molar-refractivity contribution in [2.24, 2.45) is 0 Å². The first-order chi connectivity index (χ1) is 8.79. The van der Waals surface area contributed by atoms with Crippen LogP contribution in [0.25, 0.3) is 0 Å². The average molecular weight is 246 g/mol. The molecule has 3 heteroatoms. The lowest BCUT2D eigenvalue weighted by Gasteiger charge is -2.29. The Morgan fingerprint density at radius 3 is 2.61 bits per heavy atom. The number of ether oxygens (including phenoxy) is 1. The number of rotatable bonds is 5. The number of anilines is 1. The summed E-state index contributed by atoms with van der Waals surface area (Å²) in [4.78, 5) is 2.37. The lowest BCUT2D eigenvalue weighted by molar-refractivity contribution is 0.122. The number of nitrogens with zero attached hydrogens (tertiary/aromatic N) is 1. The summed E-state index contributed by atoms with van der Waals surface area (Å²) >= 11 is 0. The van der Waals surface area contributed by atoms with Crippen LogP contribution in [-0.2, 0) is 11.3 Å². The lowest BCUT2D eigenvalue weighted by atomic mass is 10.1. The fourth-order valence-electron chi connectivity index (χ4n) is 2.01. The molecule has 1 heterocycles. The molecule has 98 valence electrons. The van der Waals surface area contributed by atoms with E-state index in [1.54, 1.807) is 0 Å². The van der Waals surface area contributed by atoms with E-state index in [-0.39, 0.29) is 0 Å². The Hall–Kier alpha value is -1.32. The minimum Gasteiger partial charge on any atom is -0.378 e. The van der Waals surface area contributed by atoms with Gasteiger partial charge >= 0.3 is 0 Å². The van der Waals surface area contributed by atoms with Gasteiger partial charge in [0.2, 0.25) is 0 Å². The minimum atomic E-state index is 0.351. The van der Waals surface area contributed by atoms with Crippen molar-refractivity contribution in [1.29, 1.82) is 0 Å². The van der Waals surface area contributed by atoms with E-state index >= 15 is 0 Å². The molecule has 1 aromatic carbocycles. The molecular weight excluding hydrogens is 224 g/mol. The van der Waals surface area contributed by atoms with Gasteiger partial charge in [-0.05, 0) is 24.6 Å². The van der Waals surface area contributed by atoms with Crippen LogP contribution in [0.3, 0.4) is 0 Å². The molecule has 3 nitrogen and oxygen atoms in total. The maximum Gasteiger partial charge on any atom is 0.0642 e. The van der Waals surface area contributed by atoms with Gasteiger partial charge in [-0.15, -0.1) is 6.58 Å². The Morgan fingerprint density at radius 1 is 1.33 bits per heavy atom. The molecular formula is C15H22N2O. The Bertz CT molecular complexity index is 369. The monoisotopic (exact) mass is 246 g/mol. The third kappa shape index (κ3) is 3.59. The van der Waals surface area contributed by atoms with E-state index in [0.717, 1.165) is 32.8 Å². The Labute approximate surface area is 109 Å². The topological polar surface area (TPSA) is 24.5 Å². The molecule has 0 saturated carbocycles. The van der Waals surface area contributed by atoms with Crippen molar-refractivity contribution in [2.75, 3.05) is 31.2 Å². The van der Waals surface area contributed by atoms with Crippen LogP contribution in [0.15, 0.2) is 36.9 Å². The first-order valence-corrected chi connectivity index (χ1v) is 6.57. The van der Waals surface area contributed by atoms with Crippen LogP contribution in [0.1, 0.15) is 12.5 Å². The zero-order valence-electron chi connectivity index (χ0n) is 11.1. The van der Waals surface area contributed by atoms with Gasteiger partial charge in [-0.1, -0.05) is 18.2 Å². The van der Waals surface area contributed by atoms with Gasteiger partial charge in [0.1, 0.15) is 0 Å². The smallest absolute Gasteiger partial charge is 0.0642 e. The molecule has 0 bridgehead atoms. The van der Waals surface area contributed by atoms with Crippen LogP contribution in [0, 0.1) is 0 Å². The van der Waals surface area contributed by atoms with Gasteiger partial charge in [0.25, 0.3) is 0 Å². The van der Waals surface area contributed by atoms with Crippen molar-refractivity contribution >= 4 is 5.69 Å². The number of benzene rings is 1. The molecule has 0 radical (unpaired) electrons. The molecule has 1 atom stereocenters. The first kappa shape index (κ1) is 13.1. The van der Waals surface area contributed by atoms with Crippen molar-refractivity contribution in [2.45, 2.75) is 19.5 Å². The SMILES string of the molecule is C=CC(C)NCc1ccc(N2CCOCC2)cc1. The number of hydrogen-bond acceptors (Lipinski definition) is 3. The molecule has 1 N–H and O–H groups in total. The van der Waals surface area contributed by atoms with Crippen molar-refractivity contribution in [3.8, 4) is 0 Å². The maximum absolute atomic E-state index is 5.36. The van der Waals surface area contributed by atoms with Crippen LogP contribution < -0.4 is 10.2 Å². The standard InChI is InChI=1S/C15H22N2O/c1-3-13(2)16-12-14-4-6-15(7-5-14)17-8-10-18-11-9-17/h3-7,13,16H,1,8-12H2,2H3. The van der Waals surface area contributed by atoms with E-state index in [4.69, 9.17) is 4.74 Å². The quantitative estimate of drug-likeness (QED) is 0.806. The average Bonchev–Trinajstić information content (AvgIpc) is 2.46. The number of hydrogen-bond donors (Lipinski definition) is 1. The molecule has 2 rings (SSSR count). The molecule has 0 spiro atoms. The van der Waals surface area contributed by atoms with Crippen LogP contribution >= 0.6 is 0 Å². The zero-order chi connectivity index (χ0) is 12.8. The van der Waals surface area contributed by atoms with E-state index in [2.05, 4.69) is 48.0 Å². The highest BCUT2D eigenvalue weighted by molar-refractivity contribution is 5.47. The molecule has 1 fully saturated rings. The van der Waals surface area contributed by atoms with Gasteiger partial charge < -0.3 is 15.0 Å². The fourth-order valence-corrected chi connectivity index (χ4v) is 2.01. The molecule has 0 aliphatic carbocycles. The molecule has 0 amide bonds. The van der Waals surface area contributed by atoms with Crippen LogP contribution in [0.2, 0.25) is 0 Å². The van der Waals surface area contributed by atoms with Crippen LogP contribution in [0.4, 0.5) is 5.69 Å². The van der Waals surface area contributed by atoms with Crippen molar-refractivity contribution in [3.63, 3.8) is 0 Å². The predicted octanol–water partition coefficient (Wildman–Crippen LogP) is 2.19. The summed E-state index contributed by atoms with van der Waals surface area (Å²) < 4.78 is 5.36. The molecule has 1 aliphatic rings. The van der Waals surface area contributed by atoms with E-state index in [1.807, 2.05) is 6.08 Å². The maximum atomic E-state index is 5.36. The molecule has 0 aromatic heterocycles. The van der Waals surface area contributed by atoms with E-state index in [9.17, 15) is 0 Å². The zero-order valence-corrected chi connectivity index (χ0v) is 11.1. The van der Waals surface area contributed by atoms with E-state index in [1.165, 1.54) is 11.3 Å². The van der Waals surface area contributed by atoms with Crippen molar-refractivity contribution in [3.05, 3.63) is 42.5 Å². The van der Waals surface area contributed by atoms with E-state index in [0.29, 0.717) is 6.04 Å². The van der Waals surface area contributed by atoms with Crippen molar-refractivity contribution < 1.29 is 4.74 Å². The summed E-state index contributed by atoms with van der Waals surface area (Å²) in [6.07, 6.45) is 1.92. The third-order valence-corrected chi connectivity index (χ3v) is 3.29. The Balaban J connectivity index is 1.90. The molecule has 1 aromatic rings. The third-order valence-electron chi connectivity index (χ3n) is 3.29. The van der Waals surface area contributed by atoms with Gasteiger partial charge in [-0.2, -0.15) is 0 Å². The highest BCUT2D eigenvalue weighted by atomic mass is 16.5. The number of morpholine rings is 1. The molecule has 18 heavy (non-hydrogen) atoms. The largest absolute Gasteiger partial charge is 0.378 e. The van der Waals surface area contributed by atoms with Gasteiger partial charge in [-0.3, -0.25) is 0 Å². The van der Waals surface area contributed by atoms with Crippen molar-refractivity contribution in [1.82, 2.24) is 5.32 Å². The van der Waals surface area contributed by atoms with Gasteiger partial charge in [0.15, 0.2) is 0 Å². The van der Waals surface area contributed by atoms with Crippen LogP contribution in [-0.4, -0.2) is 32.3 Å². The Kier molecular flexibility index (Phi) is 4.79. The first-order valence-electron chi connectivity index (χ1n) is 6.57. The highest BCUT2D eigenvalue weighted by Gasteiger charge is 2.10. The summed E-state index contributed by atoms with van der Waals surface area (Å²) in [6.45, 7) is 10.4. The summed E-state index contributed by atoms with van der Waals surface area (Å²) in [5.74, 6) is 0. The predicted molar refractivity (Wildman–Crippen MR) is 76.0 cm³/mol. The van der Waals surface area contributed by atoms with E-state index < -0.39 is 0 Å². The highest BCUT2D eigenvalue weighted by Crippen LogP contribution is 2.16. The second-order valence-corrected chi connectivity index (χ2v) is 4.67. The summed E-state index contributed by atoms with van der Waals surface area (Å²) in [5.41, 5.74) is 2.60. The normalized spacial score (nSPS) is 17.5. The lowest BCUT2D eigenvalue weighted by Crippen LogP contribution is -2.36. The van der Waals surface area contributed by atoms with Gasteiger partial charge in [0.05, 0.1) is 13.2 Å². The summed E-state index contributed by atoms with van der Waals surface area (Å²) in [5, 5.41) is 3.40. The molecule has 1 aliphatic heterocycles. The van der Waals surface area contributed by atoms with Crippen LogP contribution in [0.5, 0.6) is 0 Å². The summed E-state index contributed by atoms with van der Waals surface area (Å²) in [7, 11) is 0. The minimum absolute atomic E-state index is 0.351. The second kappa shape index (κ2) is 6.57. The molecule has 1 unspecified atom stereocenters. The summed E-state index contributed by atoms with van der Waals surface area (Å²) in [6, 6.07) is 9.12. The molecule has 1 saturated heterocycles. The van der Waals surface area contributed by atoms with Gasteiger partial charge in [0, 0.05) is 31.4 Å².